The Kier molecular flexibility index (Phi) is 8.65. The minimum Gasteiger partial charge on any atom is -0.497 e. The zero-order valence-corrected chi connectivity index (χ0v) is 16.2. The normalized spacial score (nSPS) is 16.3. The number of methoxy groups -OCH3 is 1. The standard InChI is InChI=1S/C21H32N2O3/c1-4-6-10-21(24)23-13-11-22(12-14-23)17-20(26-15-5-2)18-8-7-9-19(16-18)25-3/h5,7-9,16,20H,2,4,6,10-15,17H2,1,3H3/t20-/m1/s1. The number of carbonyl (C=O) groups excluding carboxylic acids is 1. The van der Waals surface area contributed by atoms with Crippen molar-refractivity contribution in [1.82, 2.24) is 9.80 Å². The number of nitrogens with zero attached hydrogens (tertiary/aromatic N) is 2. The number of rotatable bonds is 10. The Hall–Kier alpha value is -1.85. The van der Waals surface area contributed by atoms with E-state index in [1.165, 1.54) is 0 Å². The minimum absolute atomic E-state index is 0.0366. The molecule has 0 aliphatic carbocycles. The van der Waals surface area contributed by atoms with Crippen molar-refractivity contribution in [3.8, 4) is 5.75 Å². The van der Waals surface area contributed by atoms with E-state index in [4.69, 9.17) is 9.47 Å². The van der Waals surface area contributed by atoms with E-state index in [0.29, 0.717) is 18.9 Å². The van der Waals surface area contributed by atoms with Crippen molar-refractivity contribution in [2.75, 3.05) is 46.4 Å². The predicted molar refractivity (Wildman–Crippen MR) is 104 cm³/mol. The van der Waals surface area contributed by atoms with Crippen LogP contribution in [0.15, 0.2) is 36.9 Å². The van der Waals surface area contributed by atoms with Crippen molar-refractivity contribution in [2.24, 2.45) is 0 Å². The first-order chi connectivity index (χ1) is 12.7. The molecule has 5 heteroatoms. The lowest BCUT2D eigenvalue weighted by atomic mass is 10.1. The van der Waals surface area contributed by atoms with Crippen LogP contribution in [0.2, 0.25) is 0 Å². The van der Waals surface area contributed by atoms with E-state index in [1.54, 1.807) is 13.2 Å². The number of hydrogen-bond acceptors (Lipinski definition) is 4. The molecule has 1 aliphatic rings. The third-order valence-electron chi connectivity index (χ3n) is 4.77. The van der Waals surface area contributed by atoms with Crippen LogP contribution in [-0.4, -0.2) is 62.1 Å². The molecule has 1 amide bonds. The van der Waals surface area contributed by atoms with Gasteiger partial charge in [0, 0.05) is 39.1 Å². The number of amides is 1. The summed E-state index contributed by atoms with van der Waals surface area (Å²) in [6.45, 7) is 10.6. The van der Waals surface area contributed by atoms with Crippen LogP contribution in [0.3, 0.4) is 0 Å². The van der Waals surface area contributed by atoms with Crippen molar-refractivity contribution < 1.29 is 14.3 Å². The lowest BCUT2D eigenvalue weighted by molar-refractivity contribution is -0.133. The highest BCUT2D eigenvalue weighted by molar-refractivity contribution is 5.76. The molecule has 1 aromatic carbocycles. The second kappa shape index (κ2) is 11.0. The highest BCUT2D eigenvalue weighted by atomic mass is 16.5. The second-order valence-electron chi connectivity index (χ2n) is 6.67. The van der Waals surface area contributed by atoms with Gasteiger partial charge in [-0.25, -0.2) is 0 Å². The average Bonchev–Trinajstić information content (AvgIpc) is 2.69. The molecule has 1 aliphatic heterocycles. The van der Waals surface area contributed by atoms with Gasteiger partial charge in [-0.05, 0) is 24.1 Å². The Morgan fingerprint density at radius 2 is 2.08 bits per heavy atom. The number of hydrogen-bond donors (Lipinski definition) is 0. The van der Waals surface area contributed by atoms with Crippen LogP contribution in [-0.2, 0) is 9.53 Å². The largest absolute Gasteiger partial charge is 0.497 e. The van der Waals surface area contributed by atoms with E-state index in [-0.39, 0.29) is 6.10 Å². The molecule has 1 aromatic rings. The zero-order chi connectivity index (χ0) is 18.8. The van der Waals surface area contributed by atoms with Crippen LogP contribution in [0.1, 0.15) is 37.9 Å². The lowest BCUT2D eigenvalue weighted by Crippen LogP contribution is -2.49. The van der Waals surface area contributed by atoms with E-state index in [1.807, 2.05) is 23.1 Å². The fraction of sp³-hybridized carbons (Fsp3) is 0.571. The number of carbonyl (C=O) groups is 1. The molecule has 0 spiro atoms. The summed E-state index contributed by atoms with van der Waals surface area (Å²) in [6, 6.07) is 8.02. The molecule has 144 valence electrons. The van der Waals surface area contributed by atoms with Gasteiger partial charge in [-0.3, -0.25) is 9.69 Å². The van der Waals surface area contributed by atoms with Gasteiger partial charge in [0.05, 0.1) is 19.8 Å². The molecule has 0 radical (unpaired) electrons. The highest BCUT2D eigenvalue weighted by Crippen LogP contribution is 2.24. The quantitative estimate of drug-likeness (QED) is 0.601. The van der Waals surface area contributed by atoms with Gasteiger partial charge in [0.15, 0.2) is 0 Å². The second-order valence-corrected chi connectivity index (χ2v) is 6.67. The maximum absolute atomic E-state index is 12.2. The maximum atomic E-state index is 12.2. The molecular weight excluding hydrogens is 328 g/mol. The molecule has 0 unspecified atom stereocenters. The highest BCUT2D eigenvalue weighted by Gasteiger charge is 2.23. The summed E-state index contributed by atoms with van der Waals surface area (Å²) in [5.74, 6) is 1.12. The molecular formula is C21H32N2O3. The zero-order valence-electron chi connectivity index (χ0n) is 16.2. The van der Waals surface area contributed by atoms with E-state index in [9.17, 15) is 4.79 Å². The van der Waals surface area contributed by atoms with Crippen LogP contribution in [0.4, 0.5) is 0 Å². The summed E-state index contributed by atoms with van der Waals surface area (Å²) in [5, 5.41) is 0. The summed E-state index contributed by atoms with van der Waals surface area (Å²) in [4.78, 5) is 16.5. The van der Waals surface area contributed by atoms with Crippen molar-refractivity contribution in [3.63, 3.8) is 0 Å². The lowest BCUT2D eigenvalue weighted by Gasteiger charge is -2.36. The topological polar surface area (TPSA) is 42.0 Å². The summed E-state index contributed by atoms with van der Waals surface area (Å²) < 4.78 is 11.3. The maximum Gasteiger partial charge on any atom is 0.222 e. The van der Waals surface area contributed by atoms with Crippen LogP contribution in [0.5, 0.6) is 5.75 Å². The SMILES string of the molecule is C=CCO[C@H](CN1CCN(C(=O)CCCC)CC1)c1cccc(OC)c1. The molecule has 0 bridgehead atoms. The first kappa shape index (κ1) is 20.5. The molecule has 26 heavy (non-hydrogen) atoms. The Balaban J connectivity index is 1.92. The van der Waals surface area contributed by atoms with Crippen LogP contribution >= 0.6 is 0 Å². The molecule has 1 saturated heterocycles. The molecule has 1 atom stereocenters. The summed E-state index contributed by atoms with van der Waals surface area (Å²) in [6.07, 6.45) is 4.45. The van der Waals surface area contributed by atoms with Crippen LogP contribution in [0.25, 0.3) is 0 Å². The molecule has 1 heterocycles. The van der Waals surface area contributed by atoms with E-state index in [0.717, 1.165) is 56.9 Å². The van der Waals surface area contributed by atoms with Crippen molar-refractivity contribution in [3.05, 3.63) is 42.5 Å². The Morgan fingerprint density at radius 3 is 2.73 bits per heavy atom. The fourth-order valence-corrected chi connectivity index (χ4v) is 3.18. The van der Waals surface area contributed by atoms with E-state index >= 15 is 0 Å². The fourth-order valence-electron chi connectivity index (χ4n) is 3.18. The van der Waals surface area contributed by atoms with Gasteiger partial charge in [0.25, 0.3) is 0 Å². The minimum atomic E-state index is -0.0366. The molecule has 0 saturated carbocycles. The van der Waals surface area contributed by atoms with Gasteiger partial charge in [0.2, 0.25) is 5.91 Å². The van der Waals surface area contributed by atoms with Crippen LogP contribution < -0.4 is 4.74 Å². The summed E-state index contributed by atoms with van der Waals surface area (Å²) in [5.41, 5.74) is 1.10. The smallest absolute Gasteiger partial charge is 0.222 e. The monoisotopic (exact) mass is 360 g/mol. The third kappa shape index (κ3) is 6.15. The molecule has 0 aromatic heterocycles. The molecule has 5 nitrogen and oxygen atoms in total. The Labute approximate surface area is 157 Å². The van der Waals surface area contributed by atoms with Crippen molar-refractivity contribution in [1.29, 1.82) is 0 Å². The summed E-state index contributed by atoms with van der Waals surface area (Å²) in [7, 11) is 1.67. The van der Waals surface area contributed by atoms with Gasteiger partial charge < -0.3 is 14.4 Å². The molecule has 0 N–H and O–H groups in total. The number of piperazine rings is 1. The van der Waals surface area contributed by atoms with Gasteiger partial charge in [-0.1, -0.05) is 31.6 Å². The van der Waals surface area contributed by atoms with Crippen LogP contribution in [0, 0.1) is 0 Å². The van der Waals surface area contributed by atoms with Gasteiger partial charge in [-0.15, -0.1) is 6.58 Å². The van der Waals surface area contributed by atoms with E-state index in [2.05, 4.69) is 24.5 Å². The summed E-state index contributed by atoms with van der Waals surface area (Å²) >= 11 is 0. The van der Waals surface area contributed by atoms with Crippen molar-refractivity contribution in [2.45, 2.75) is 32.3 Å². The van der Waals surface area contributed by atoms with Crippen molar-refractivity contribution >= 4 is 5.91 Å². The van der Waals surface area contributed by atoms with E-state index < -0.39 is 0 Å². The van der Waals surface area contributed by atoms with Gasteiger partial charge in [0.1, 0.15) is 5.75 Å². The first-order valence-electron chi connectivity index (χ1n) is 9.54. The van der Waals surface area contributed by atoms with Gasteiger partial charge in [-0.2, -0.15) is 0 Å². The van der Waals surface area contributed by atoms with Gasteiger partial charge >= 0.3 is 0 Å². The Morgan fingerprint density at radius 1 is 1.31 bits per heavy atom. The predicted octanol–water partition coefficient (Wildman–Crippen LogP) is 3.27. The third-order valence-corrected chi connectivity index (χ3v) is 4.77. The Bertz CT molecular complexity index is 568. The number of unbranched alkanes of at least 4 members (excludes halogenated alkanes) is 1. The number of benzene rings is 1. The molecule has 2 rings (SSSR count). The molecule has 1 fully saturated rings. The number of ether oxygens (including phenoxy) is 2. The average molecular weight is 360 g/mol. The first-order valence-corrected chi connectivity index (χ1v) is 9.54.